The highest BCUT2D eigenvalue weighted by Gasteiger charge is 2.34. The predicted octanol–water partition coefficient (Wildman–Crippen LogP) is 4.38. The summed E-state index contributed by atoms with van der Waals surface area (Å²) in [7, 11) is 0. The summed E-state index contributed by atoms with van der Waals surface area (Å²) < 4.78 is 5.48. The number of aromatic amines is 1. The number of rotatable bonds is 16. The van der Waals surface area contributed by atoms with Crippen molar-refractivity contribution in [1.82, 2.24) is 26.3 Å². The third-order valence-electron chi connectivity index (χ3n) is 9.96. The fraction of sp³-hybridized carbons (Fsp3) is 0.429. The molecule has 1 aliphatic carbocycles. The molecule has 0 radical (unpaired) electrons. The van der Waals surface area contributed by atoms with E-state index in [4.69, 9.17) is 10.5 Å². The van der Waals surface area contributed by atoms with E-state index in [0.717, 1.165) is 59.3 Å². The summed E-state index contributed by atoms with van der Waals surface area (Å²) in [5.74, 6) is -4.42. The lowest BCUT2D eigenvalue weighted by molar-refractivity contribution is -0.141. The second-order valence-corrected chi connectivity index (χ2v) is 15.6. The third kappa shape index (κ3) is 11.8. The zero-order valence-electron chi connectivity index (χ0n) is 32.1. The Bertz CT molecular complexity index is 2050. The summed E-state index contributed by atoms with van der Waals surface area (Å²) in [6.45, 7) is 5.07. The number of hydrogen-bond acceptors (Lipinski definition) is 7. The number of carboxylic acid groups (broad SMARTS) is 1. The number of carboxylic acids is 1. The number of primary amides is 1. The molecule has 8 N–H and O–H groups in total. The summed E-state index contributed by atoms with van der Waals surface area (Å²) in [6, 6.07) is 15.4. The molecular weight excluding hydrogens is 716 g/mol. The summed E-state index contributed by atoms with van der Waals surface area (Å²) >= 11 is 0. The lowest BCUT2D eigenvalue weighted by Crippen LogP contribution is -2.59. The van der Waals surface area contributed by atoms with Gasteiger partial charge in [0, 0.05) is 29.9 Å². The van der Waals surface area contributed by atoms with Crippen LogP contribution in [0.15, 0.2) is 72.9 Å². The number of amides is 5. The number of carbonyl (C=O) groups excluding carboxylic acids is 5. The first-order valence-corrected chi connectivity index (χ1v) is 19.1. The highest BCUT2D eigenvalue weighted by atomic mass is 16.6. The van der Waals surface area contributed by atoms with Gasteiger partial charge in [0.15, 0.2) is 0 Å². The van der Waals surface area contributed by atoms with E-state index in [1.54, 1.807) is 33.0 Å². The van der Waals surface area contributed by atoms with Crippen molar-refractivity contribution >= 4 is 57.4 Å². The van der Waals surface area contributed by atoms with Gasteiger partial charge in [-0.2, -0.15) is 0 Å². The molecule has 14 nitrogen and oxygen atoms in total. The molecule has 1 aliphatic rings. The van der Waals surface area contributed by atoms with Crippen molar-refractivity contribution in [3.05, 3.63) is 84.1 Å². The highest BCUT2D eigenvalue weighted by molar-refractivity contribution is 5.97. The summed E-state index contributed by atoms with van der Waals surface area (Å²) in [5.41, 5.74) is 7.01. The van der Waals surface area contributed by atoms with Crippen LogP contribution in [0, 0.1) is 5.92 Å². The molecule has 5 amide bonds. The fourth-order valence-corrected chi connectivity index (χ4v) is 7.19. The topological polar surface area (TPSA) is 222 Å². The molecule has 0 aliphatic heterocycles. The van der Waals surface area contributed by atoms with E-state index in [1.165, 1.54) is 0 Å². The maximum atomic E-state index is 14.2. The Morgan fingerprint density at radius 1 is 0.768 bits per heavy atom. The molecule has 1 saturated carbocycles. The summed E-state index contributed by atoms with van der Waals surface area (Å²) in [6.07, 6.45) is 5.24. The predicted molar refractivity (Wildman–Crippen MR) is 211 cm³/mol. The van der Waals surface area contributed by atoms with Crippen LogP contribution in [0.1, 0.15) is 76.8 Å². The third-order valence-corrected chi connectivity index (χ3v) is 9.96. The van der Waals surface area contributed by atoms with E-state index < -0.39 is 71.9 Å². The average Bonchev–Trinajstić information content (AvgIpc) is 3.55. The second-order valence-electron chi connectivity index (χ2n) is 15.6. The smallest absolute Gasteiger partial charge is 0.408 e. The van der Waals surface area contributed by atoms with Crippen LogP contribution in [0.5, 0.6) is 0 Å². The molecule has 5 rings (SSSR count). The lowest BCUT2D eigenvalue weighted by atomic mass is 9.84. The molecule has 0 unspecified atom stereocenters. The van der Waals surface area contributed by atoms with Crippen molar-refractivity contribution in [3.63, 3.8) is 0 Å². The minimum absolute atomic E-state index is 0.0267. The van der Waals surface area contributed by atoms with E-state index >= 15 is 0 Å². The standard InChI is InChI=1S/C42H52N6O8/c1-42(2,3)56-41(55)48-34(22-29-24-44-31-16-10-9-15-30(29)31)39(53)46-33(21-26-17-18-27-13-7-8-14-28(27)19-26)38(52)47-35(23-36(49)50)40(54)45-32(37(43)51)20-25-11-5-4-6-12-25/h7-10,13-19,24-25,32-35,44H,4-6,11-12,20-23H2,1-3H3,(H2,43,51)(H,45,54)(H,46,53)(H,47,52)(H,48,55)(H,49,50)/t32-,33-,34-,35-/m0/s1. The molecule has 56 heavy (non-hydrogen) atoms. The number of nitrogens with one attached hydrogen (secondary N) is 5. The molecule has 1 heterocycles. The second kappa shape index (κ2) is 18.6. The van der Waals surface area contributed by atoms with Gasteiger partial charge in [-0.1, -0.05) is 92.8 Å². The molecule has 1 aromatic heterocycles. The number of fused-ring (bicyclic) bond motifs is 2. The number of nitrogens with two attached hydrogens (primary N) is 1. The van der Waals surface area contributed by atoms with Crippen LogP contribution < -0.4 is 27.0 Å². The average molecular weight is 769 g/mol. The minimum Gasteiger partial charge on any atom is -0.481 e. The van der Waals surface area contributed by atoms with Crippen LogP contribution in [0.3, 0.4) is 0 Å². The largest absolute Gasteiger partial charge is 0.481 e. The molecule has 298 valence electrons. The number of carbonyl (C=O) groups is 6. The van der Waals surface area contributed by atoms with Gasteiger partial charge in [0.1, 0.15) is 29.8 Å². The van der Waals surface area contributed by atoms with Crippen molar-refractivity contribution < 1.29 is 38.6 Å². The number of ether oxygens (including phenoxy) is 1. The molecule has 0 bridgehead atoms. The Morgan fingerprint density at radius 3 is 2.05 bits per heavy atom. The number of H-pyrrole nitrogens is 1. The Balaban J connectivity index is 1.42. The van der Waals surface area contributed by atoms with Crippen molar-refractivity contribution in [2.45, 2.75) is 108 Å². The minimum atomic E-state index is -1.61. The van der Waals surface area contributed by atoms with Gasteiger partial charge in [-0.3, -0.25) is 24.0 Å². The number of aromatic nitrogens is 1. The van der Waals surface area contributed by atoms with E-state index in [0.29, 0.717) is 12.0 Å². The van der Waals surface area contributed by atoms with Gasteiger partial charge >= 0.3 is 12.1 Å². The summed E-state index contributed by atoms with van der Waals surface area (Å²) in [4.78, 5) is 82.7. The van der Waals surface area contributed by atoms with Crippen LogP contribution >= 0.6 is 0 Å². The number of aliphatic carboxylic acids is 1. The van der Waals surface area contributed by atoms with Gasteiger partial charge in [0.2, 0.25) is 23.6 Å². The Morgan fingerprint density at radius 2 is 1.38 bits per heavy atom. The van der Waals surface area contributed by atoms with Crippen LogP contribution in [-0.2, 0) is 41.6 Å². The monoisotopic (exact) mass is 768 g/mol. The molecular formula is C42H52N6O8. The first-order valence-electron chi connectivity index (χ1n) is 19.1. The Kier molecular flexibility index (Phi) is 13.7. The SMILES string of the molecule is CC(C)(C)OC(=O)N[C@@H](Cc1c[nH]c2ccccc12)C(=O)N[C@@H](Cc1ccc2ccccc2c1)C(=O)N[C@@H](CC(=O)O)C(=O)N[C@@H](CC1CCCCC1)C(N)=O. The van der Waals surface area contributed by atoms with E-state index in [9.17, 15) is 33.9 Å². The maximum Gasteiger partial charge on any atom is 0.408 e. The van der Waals surface area contributed by atoms with Crippen LogP contribution in [0.4, 0.5) is 4.79 Å². The van der Waals surface area contributed by atoms with Gasteiger partial charge in [0.25, 0.3) is 0 Å². The molecule has 0 saturated heterocycles. The molecule has 0 spiro atoms. The zero-order valence-corrected chi connectivity index (χ0v) is 32.1. The number of alkyl carbamates (subject to hydrolysis) is 1. The Labute approximate surface area is 325 Å². The van der Waals surface area contributed by atoms with Crippen molar-refractivity contribution in [2.24, 2.45) is 11.7 Å². The molecule has 3 aromatic carbocycles. The van der Waals surface area contributed by atoms with Gasteiger partial charge in [0.05, 0.1) is 6.42 Å². The van der Waals surface area contributed by atoms with Crippen molar-refractivity contribution in [1.29, 1.82) is 0 Å². The van der Waals surface area contributed by atoms with Gasteiger partial charge in [-0.25, -0.2) is 4.79 Å². The summed E-state index contributed by atoms with van der Waals surface area (Å²) in [5, 5.41) is 23.0. The fourth-order valence-electron chi connectivity index (χ4n) is 7.19. The Hall–Kier alpha value is -5.92. The van der Waals surface area contributed by atoms with Crippen LogP contribution in [0.25, 0.3) is 21.7 Å². The lowest BCUT2D eigenvalue weighted by Gasteiger charge is -2.28. The first kappa shape index (κ1) is 41.2. The highest BCUT2D eigenvalue weighted by Crippen LogP contribution is 2.27. The molecule has 4 atom stereocenters. The van der Waals surface area contributed by atoms with Crippen LogP contribution in [0.2, 0.25) is 0 Å². The molecule has 4 aromatic rings. The maximum absolute atomic E-state index is 14.2. The quantitative estimate of drug-likeness (QED) is 0.0865. The number of hydrogen-bond donors (Lipinski definition) is 7. The van der Waals surface area contributed by atoms with E-state index in [1.807, 2.05) is 60.7 Å². The van der Waals surface area contributed by atoms with E-state index in [-0.39, 0.29) is 18.8 Å². The van der Waals surface area contributed by atoms with Gasteiger partial charge in [-0.15, -0.1) is 0 Å². The van der Waals surface area contributed by atoms with Crippen LogP contribution in [-0.4, -0.2) is 75.6 Å². The number of benzene rings is 3. The van der Waals surface area contributed by atoms with Crippen molar-refractivity contribution in [2.75, 3.05) is 0 Å². The molecule has 1 fully saturated rings. The van der Waals surface area contributed by atoms with Gasteiger partial charge in [-0.05, 0) is 61.1 Å². The number of para-hydroxylation sites is 1. The van der Waals surface area contributed by atoms with E-state index in [2.05, 4.69) is 26.3 Å². The normalized spacial score (nSPS) is 15.6. The van der Waals surface area contributed by atoms with Gasteiger partial charge < -0.3 is 41.8 Å². The first-order chi connectivity index (χ1) is 26.6. The zero-order chi connectivity index (χ0) is 40.4. The van der Waals surface area contributed by atoms with Crippen molar-refractivity contribution in [3.8, 4) is 0 Å². The molecule has 14 heteroatoms.